The van der Waals surface area contributed by atoms with Crippen LogP contribution in [0.1, 0.15) is 49.1 Å². The molecule has 2 N–H and O–H groups in total. The van der Waals surface area contributed by atoms with Crippen LogP contribution >= 0.6 is 0 Å². The summed E-state index contributed by atoms with van der Waals surface area (Å²) in [6.07, 6.45) is 0.430. The van der Waals surface area contributed by atoms with Crippen LogP contribution in [0.5, 0.6) is 0 Å². The summed E-state index contributed by atoms with van der Waals surface area (Å²) in [4.78, 5) is 26.5. The van der Waals surface area contributed by atoms with E-state index < -0.39 is 11.7 Å². The molecule has 12 heteroatoms. The van der Waals surface area contributed by atoms with E-state index in [2.05, 4.69) is 49.6 Å². The first kappa shape index (κ1) is 26.0. The van der Waals surface area contributed by atoms with Crippen LogP contribution in [0.4, 0.5) is 41.1 Å². The van der Waals surface area contributed by atoms with Gasteiger partial charge in [0.15, 0.2) is 0 Å². The van der Waals surface area contributed by atoms with Crippen LogP contribution in [-0.2, 0) is 10.9 Å². The fourth-order valence-electron chi connectivity index (χ4n) is 5.94. The van der Waals surface area contributed by atoms with Gasteiger partial charge in [-0.1, -0.05) is 0 Å². The third-order valence-electron chi connectivity index (χ3n) is 8.19. The molecular weight excluding hydrogens is 511 g/mol. The molecule has 3 saturated heterocycles. The third kappa shape index (κ3) is 5.57. The smallest absolute Gasteiger partial charge is 0.421 e. The number of rotatable bonds is 9. The molecule has 0 unspecified atom stereocenters. The number of likely N-dealkylation sites (tertiary alicyclic amines) is 1. The number of benzene rings is 1. The molecule has 210 valence electrons. The first-order valence-electron chi connectivity index (χ1n) is 13.7. The summed E-state index contributed by atoms with van der Waals surface area (Å²) in [6.45, 7) is 3.70. The van der Waals surface area contributed by atoms with Crippen LogP contribution < -0.4 is 15.5 Å². The van der Waals surface area contributed by atoms with Crippen molar-refractivity contribution in [3.8, 4) is 0 Å². The van der Waals surface area contributed by atoms with E-state index in [1.807, 2.05) is 6.07 Å². The lowest BCUT2D eigenvalue weighted by molar-refractivity contribution is -0.137. The van der Waals surface area contributed by atoms with Crippen molar-refractivity contribution in [2.45, 2.75) is 56.3 Å². The second kappa shape index (κ2) is 10.4. The highest BCUT2D eigenvalue weighted by Gasteiger charge is 2.42. The van der Waals surface area contributed by atoms with Crippen molar-refractivity contribution in [2.24, 2.45) is 0 Å². The predicted molar refractivity (Wildman–Crippen MR) is 142 cm³/mol. The molecule has 2 aromatic rings. The fraction of sp³-hybridized carbons (Fsp3) is 0.593. The summed E-state index contributed by atoms with van der Waals surface area (Å²) >= 11 is 0. The summed E-state index contributed by atoms with van der Waals surface area (Å²) in [5.74, 6) is 0.271. The average Bonchev–Trinajstić information content (AvgIpc) is 3.58. The van der Waals surface area contributed by atoms with Gasteiger partial charge >= 0.3 is 12.3 Å². The number of nitrogens with zero attached hydrogens (tertiary/aromatic N) is 5. The average molecular weight is 546 g/mol. The molecule has 3 aliphatic heterocycles. The second-order valence-electron chi connectivity index (χ2n) is 11.0. The van der Waals surface area contributed by atoms with E-state index in [4.69, 9.17) is 4.74 Å². The van der Waals surface area contributed by atoms with Crippen molar-refractivity contribution in [3.63, 3.8) is 0 Å². The predicted octanol–water partition coefficient (Wildman–Crippen LogP) is 4.65. The summed E-state index contributed by atoms with van der Waals surface area (Å²) in [6, 6.07) is 7.44. The topological polar surface area (TPSA) is 85.9 Å². The van der Waals surface area contributed by atoms with Gasteiger partial charge in [-0.3, -0.25) is 4.90 Å². The molecule has 9 nitrogen and oxygen atoms in total. The molecule has 6 rings (SSSR count). The number of anilines is 4. The number of ether oxygens (including phenoxy) is 1. The molecule has 4 fully saturated rings. The van der Waals surface area contributed by atoms with Gasteiger partial charge in [-0.25, -0.2) is 9.78 Å². The lowest BCUT2D eigenvalue weighted by Gasteiger charge is -2.34. The van der Waals surface area contributed by atoms with Gasteiger partial charge in [0, 0.05) is 62.4 Å². The number of carbonyl (C=O) groups excluding carboxylic acids is 1. The quantitative estimate of drug-likeness (QED) is 0.441. The van der Waals surface area contributed by atoms with E-state index in [1.165, 1.54) is 12.1 Å². The van der Waals surface area contributed by atoms with Crippen LogP contribution in [0.3, 0.4) is 0 Å². The Labute approximate surface area is 225 Å². The highest BCUT2D eigenvalue weighted by atomic mass is 19.4. The van der Waals surface area contributed by atoms with E-state index in [1.54, 1.807) is 4.90 Å². The number of amides is 1. The Morgan fingerprint density at radius 3 is 2.72 bits per heavy atom. The number of alkyl halides is 3. The first-order chi connectivity index (χ1) is 18.8. The zero-order chi connectivity index (χ0) is 27.1. The Morgan fingerprint density at radius 2 is 2.03 bits per heavy atom. The van der Waals surface area contributed by atoms with Crippen LogP contribution in [0.15, 0.2) is 24.4 Å². The van der Waals surface area contributed by atoms with Gasteiger partial charge in [-0.15, -0.1) is 0 Å². The molecule has 2 bridgehead atoms. The minimum atomic E-state index is -4.60. The molecule has 2 atom stereocenters. The molecule has 4 aliphatic rings. The number of nitrogens with one attached hydrogen (secondary N) is 2. The molecule has 0 spiro atoms. The Morgan fingerprint density at radius 1 is 1.18 bits per heavy atom. The normalized spacial score (nSPS) is 23.3. The maximum atomic E-state index is 13.7. The number of halogens is 3. The van der Waals surface area contributed by atoms with Crippen LogP contribution in [0.25, 0.3) is 0 Å². The van der Waals surface area contributed by atoms with Crippen molar-refractivity contribution < 1.29 is 22.7 Å². The number of hydrogen-bond acceptors (Lipinski definition) is 8. The molecule has 1 aliphatic carbocycles. The van der Waals surface area contributed by atoms with E-state index in [9.17, 15) is 18.0 Å². The molecular formula is C27H34F3N7O2. The molecule has 1 aromatic carbocycles. The zero-order valence-electron chi connectivity index (χ0n) is 22.0. The van der Waals surface area contributed by atoms with Crippen molar-refractivity contribution in [1.82, 2.24) is 19.8 Å². The first-order valence-corrected chi connectivity index (χ1v) is 13.7. The standard InChI is InChI=1S/C27H34F3N7O2/c1-35-15-20-12-19(35)16-37(20)18-6-7-23(21(13-18)17-4-5-17)33-25-32-14-22(27(28,29)30)24(34-25)31-8-2-9-36-10-3-11-39-26(36)38/h6-7,13-14,17,19-20H,2-5,8-12,15-16H2,1H3,(H2,31,32,33,34)/t19-,20-/m0/s1. The summed E-state index contributed by atoms with van der Waals surface area (Å²) in [5, 5.41) is 6.01. The maximum absolute atomic E-state index is 13.7. The van der Waals surface area contributed by atoms with Gasteiger partial charge in [-0.2, -0.15) is 18.2 Å². The van der Waals surface area contributed by atoms with Crippen LogP contribution in [-0.4, -0.2) is 84.3 Å². The van der Waals surface area contributed by atoms with Crippen molar-refractivity contribution >= 4 is 29.2 Å². The minimum Gasteiger partial charge on any atom is -0.449 e. The summed E-state index contributed by atoms with van der Waals surface area (Å²) in [5.41, 5.74) is 2.28. The molecule has 1 aromatic heterocycles. The number of fused-ring (bicyclic) bond motifs is 2. The monoisotopic (exact) mass is 545 g/mol. The zero-order valence-corrected chi connectivity index (χ0v) is 22.0. The van der Waals surface area contributed by atoms with E-state index >= 15 is 0 Å². The fourth-order valence-corrected chi connectivity index (χ4v) is 5.94. The van der Waals surface area contributed by atoms with Crippen molar-refractivity contribution in [3.05, 3.63) is 35.5 Å². The highest BCUT2D eigenvalue weighted by Crippen LogP contribution is 2.46. The third-order valence-corrected chi connectivity index (χ3v) is 8.19. The maximum Gasteiger partial charge on any atom is 0.421 e. The highest BCUT2D eigenvalue weighted by molar-refractivity contribution is 5.68. The van der Waals surface area contributed by atoms with E-state index in [0.717, 1.165) is 49.8 Å². The van der Waals surface area contributed by atoms with Crippen molar-refractivity contribution in [2.75, 3.05) is 61.9 Å². The number of aromatic nitrogens is 2. The molecule has 1 saturated carbocycles. The van der Waals surface area contributed by atoms with Crippen molar-refractivity contribution in [1.29, 1.82) is 0 Å². The minimum absolute atomic E-state index is 0.113. The molecule has 1 amide bonds. The number of likely N-dealkylation sites (N-methyl/N-ethyl adjacent to an activating group) is 1. The van der Waals surface area contributed by atoms with E-state index in [-0.39, 0.29) is 24.4 Å². The molecule has 4 heterocycles. The number of hydrogen-bond donors (Lipinski definition) is 2. The Bertz CT molecular complexity index is 1220. The van der Waals surface area contributed by atoms with Crippen LogP contribution in [0.2, 0.25) is 0 Å². The molecule has 0 radical (unpaired) electrons. The Kier molecular flexibility index (Phi) is 6.90. The van der Waals surface area contributed by atoms with Gasteiger partial charge in [0.2, 0.25) is 5.95 Å². The lowest BCUT2D eigenvalue weighted by Crippen LogP contribution is -2.44. The Hall–Kier alpha value is -3.28. The SMILES string of the molecule is CN1C[C@@H]2C[C@H]1CN2c1ccc(Nc2ncc(C(F)(F)F)c(NCCCN3CCCOC3=O)n2)c(C2CC2)c1. The summed E-state index contributed by atoms with van der Waals surface area (Å²) in [7, 11) is 2.18. The van der Waals surface area contributed by atoms with Gasteiger partial charge in [-0.05, 0) is 68.8 Å². The second-order valence-corrected chi connectivity index (χ2v) is 11.0. The van der Waals surface area contributed by atoms with E-state index in [0.29, 0.717) is 44.1 Å². The van der Waals surface area contributed by atoms with Gasteiger partial charge in [0.25, 0.3) is 0 Å². The molecule has 39 heavy (non-hydrogen) atoms. The number of cyclic esters (lactones) is 1. The summed E-state index contributed by atoms with van der Waals surface area (Å²) < 4.78 is 46.1. The van der Waals surface area contributed by atoms with Gasteiger partial charge < -0.3 is 25.2 Å². The lowest BCUT2D eigenvalue weighted by atomic mass is 10.1. The number of piperazine rings is 1. The Balaban J connectivity index is 1.16. The van der Waals surface area contributed by atoms with Gasteiger partial charge in [0.05, 0.1) is 6.61 Å². The van der Waals surface area contributed by atoms with Gasteiger partial charge in [0.1, 0.15) is 11.4 Å². The largest absolute Gasteiger partial charge is 0.449 e. The van der Waals surface area contributed by atoms with Crippen LogP contribution in [0, 0.1) is 0 Å². The number of carbonyl (C=O) groups is 1.